The van der Waals surface area contributed by atoms with Gasteiger partial charge in [0, 0.05) is 13.2 Å². The van der Waals surface area contributed by atoms with Gasteiger partial charge < -0.3 is 10.5 Å². The van der Waals surface area contributed by atoms with Crippen molar-refractivity contribution in [3.63, 3.8) is 0 Å². The fraction of sp³-hybridized carbons (Fsp3) is 0.538. The lowest BCUT2D eigenvalue weighted by atomic mass is 9.74. The van der Waals surface area contributed by atoms with Crippen LogP contribution in [0.2, 0.25) is 0 Å². The van der Waals surface area contributed by atoms with E-state index in [4.69, 9.17) is 10.5 Å². The van der Waals surface area contributed by atoms with Crippen molar-refractivity contribution in [2.45, 2.75) is 37.8 Å². The van der Waals surface area contributed by atoms with Crippen LogP contribution in [0.25, 0.3) is 0 Å². The number of rotatable bonds is 4. The summed E-state index contributed by atoms with van der Waals surface area (Å²) in [6, 6.07) is 8.78. The topological polar surface area (TPSA) is 35.2 Å². The first-order chi connectivity index (χ1) is 7.22. The Kier molecular flexibility index (Phi) is 3.08. The number of hydrogen-bond donors (Lipinski definition) is 1. The predicted octanol–water partition coefficient (Wildman–Crippen LogP) is 2.08. The molecule has 0 bridgehead atoms. The van der Waals surface area contributed by atoms with Crippen LogP contribution in [0.4, 0.5) is 0 Å². The van der Waals surface area contributed by atoms with Gasteiger partial charge in [0.05, 0.1) is 6.10 Å². The minimum atomic E-state index is 0.147. The van der Waals surface area contributed by atoms with E-state index >= 15 is 0 Å². The molecule has 3 unspecified atom stereocenters. The van der Waals surface area contributed by atoms with Gasteiger partial charge in [-0.05, 0) is 36.8 Å². The molecule has 0 heterocycles. The van der Waals surface area contributed by atoms with Crippen LogP contribution in [0, 0.1) is 0 Å². The van der Waals surface area contributed by atoms with E-state index in [2.05, 4.69) is 24.3 Å². The van der Waals surface area contributed by atoms with Crippen molar-refractivity contribution in [1.29, 1.82) is 0 Å². The Bertz CT molecular complexity index is 337. The highest BCUT2D eigenvalue weighted by atomic mass is 16.5. The molecule has 1 aromatic carbocycles. The largest absolute Gasteiger partial charge is 0.380 e. The number of ether oxygens (including phenoxy) is 1. The fourth-order valence-electron chi connectivity index (χ4n) is 2.27. The normalized spacial score (nSPS) is 22.7. The molecule has 15 heavy (non-hydrogen) atoms. The third kappa shape index (κ3) is 2.06. The number of methoxy groups -OCH3 is 1. The summed E-state index contributed by atoms with van der Waals surface area (Å²) in [6.45, 7) is 2.04. The Labute approximate surface area is 91.4 Å². The second-order valence-corrected chi connectivity index (χ2v) is 4.44. The molecule has 2 nitrogen and oxygen atoms in total. The highest BCUT2D eigenvalue weighted by molar-refractivity contribution is 5.39. The van der Waals surface area contributed by atoms with Crippen molar-refractivity contribution in [3.8, 4) is 0 Å². The summed E-state index contributed by atoms with van der Waals surface area (Å²) >= 11 is 0. The van der Waals surface area contributed by atoms with E-state index in [-0.39, 0.29) is 12.1 Å². The average molecular weight is 205 g/mol. The fourth-order valence-corrected chi connectivity index (χ4v) is 2.27. The Morgan fingerprint density at radius 1 is 1.47 bits per heavy atom. The van der Waals surface area contributed by atoms with Gasteiger partial charge in [-0.2, -0.15) is 0 Å². The molecule has 0 aliphatic heterocycles. The van der Waals surface area contributed by atoms with Crippen LogP contribution in [0.5, 0.6) is 0 Å². The average Bonchev–Trinajstić information content (AvgIpc) is 2.24. The SMILES string of the molecule is COC(C)C(N)CC1Cc2ccccc21. The van der Waals surface area contributed by atoms with Crippen LogP contribution in [-0.2, 0) is 11.2 Å². The smallest absolute Gasteiger partial charge is 0.0694 e. The van der Waals surface area contributed by atoms with Crippen molar-refractivity contribution in [3.05, 3.63) is 35.4 Å². The molecule has 3 atom stereocenters. The Morgan fingerprint density at radius 3 is 2.87 bits per heavy atom. The first-order valence-electron chi connectivity index (χ1n) is 5.58. The van der Waals surface area contributed by atoms with Crippen molar-refractivity contribution >= 4 is 0 Å². The Hall–Kier alpha value is -0.860. The summed E-state index contributed by atoms with van der Waals surface area (Å²) in [5, 5.41) is 0. The minimum absolute atomic E-state index is 0.147. The van der Waals surface area contributed by atoms with Crippen molar-refractivity contribution in [2.24, 2.45) is 5.73 Å². The van der Waals surface area contributed by atoms with E-state index in [0.717, 1.165) is 6.42 Å². The zero-order valence-electron chi connectivity index (χ0n) is 9.44. The lowest BCUT2D eigenvalue weighted by Crippen LogP contribution is -2.37. The molecule has 82 valence electrons. The maximum Gasteiger partial charge on any atom is 0.0694 e. The first-order valence-corrected chi connectivity index (χ1v) is 5.58. The third-order valence-corrected chi connectivity index (χ3v) is 3.49. The van der Waals surface area contributed by atoms with Gasteiger partial charge in [0.15, 0.2) is 0 Å². The summed E-state index contributed by atoms with van der Waals surface area (Å²) in [7, 11) is 1.72. The number of hydrogen-bond acceptors (Lipinski definition) is 2. The number of nitrogens with two attached hydrogens (primary N) is 1. The zero-order valence-corrected chi connectivity index (χ0v) is 9.44. The van der Waals surface area contributed by atoms with Gasteiger partial charge in [-0.25, -0.2) is 0 Å². The molecule has 1 aliphatic rings. The monoisotopic (exact) mass is 205 g/mol. The molecular formula is C13H19NO. The predicted molar refractivity (Wildman–Crippen MR) is 62.0 cm³/mol. The van der Waals surface area contributed by atoms with Gasteiger partial charge in [-0.3, -0.25) is 0 Å². The van der Waals surface area contributed by atoms with Crippen LogP contribution in [-0.4, -0.2) is 19.3 Å². The van der Waals surface area contributed by atoms with E-state index in [0.29, 0.717) is 5.92 Å². The van der Waals surface area contributed by atoms with Gasteiger partial charge in [0.2, 0.25) is 0 Å². The molecule has 0 amide bonds. The first kappa shape index (κ1) is 10.7. The molecule has 0 aromatic heterocycles. The molecule has 0 fully saturated rings. The van der Waals surface area contributed by atoms with Gasteiger partial charge in [-0.15, -0.1) is 0 Å². The van der Waals surface area contributed by atoms with Crippen LogP contribution in [0.15, 0.2) is 24.3 Å². The van der Waals surface area contributed by atoms with Gasteiger partial charge in [0.1, 0.15) is 0 Å². The lowest BCUT2D eigenvalue weighted by Gasteiger charge is -2.33. The van der Waals surface area contributed by atoms with E-state index < -0.39 is 0 Å². The van der Waals surface area contributed by atoms with Gasteiger partial charge in [-0.1, -0.05) is 24.3 Å². The number of benzene rings is 1. The molecular weight excluding hydrogens is 186 g/mol. The molecule has 2 rings (SSSR count). The van der Waals surface area contributed by atoms with E-state index in [1.165, 1.54) is 17.5 Å². The van der Waals surface area contributed by atoms with Gasteiger partial charge in [0.25, 0.3) is 0 Å². The molecule has 2 N–H and O–H groups in total. The highest BCUT2D eigenvalue weighted by Crippen LogP contribution is 2.38. The lowest BCUT2D eigenvalue weighted by molar-refractivity contribution is 0.0897. The van der Waals surface area contributed by atoms with Crippen LogP contribution in [0.3, 0.4) is 0 Å². The molecule has 0 saturated carbocycles. The quantitative estimate of drug-likeness (QED) is 0.816. The molecule has 2 heteroatoms. The molecule has 0 spiro atoms. The Morgan fingerprint density at radius 2 is 2.20 bits per heavy atom. The minimum Gasteiger partial charge on any atom is -0.380 e. The second-order valence-electron chi connectivity index (χ2n) is 4.44. The Balaban J connectivity index is 1.94. The molecule has 1 aromatic rings. The zero-order chi connectivity index (χ0) is 10.8. The van der Waals surface area contributed by atoms with Crippen molar-refractivity contribution < 1.29 is 4.74 Å². The molecule has 0 radical (unpaired) electrons. The van der Waals surface area contributed by atoms with E-state index in [1.807, 2.05) is 6.92 Å². The van der Waals surface area contributed by atoms with E-state index in [1.54, 1.807) is 7.11 Å². The summed E-state index contributed by atoms with van der Waals surface area (Å²) in [5.41, 5.74) is 9.04. The third-order valence-electron chi connectivity index (χ3n) is 3.49. The van der Waals surface area contributed by atoms with Crippen molar-refractivity contribution in [1.82, 2.24) is 0 Å². The highest BCUT2D eigenvalue weighted by Gasteiger charge is 2.28. The summed E-state index contributed by atoms with van der Waals surface area (Å²) in [4.78, 5) is 0. The summed E-state index contributed by atoms with van der Waals surface area (Å²) in [6.07, 6.45) is 2.37. The number of fused-ring (bicyclic) bond motifs is 1. The van der Waals surface area contributed by atoms with Crippen LogP contribution in [0.1, 0.15) is 30.4 Å². The maximum atomic E-state index is 6.07. The second kappa shape index (κ2) is 4.33. The van der Waals surface area contributed by atoms with Crippen LogP contribution < -0.4 is 5.73 Å². The standard InChI is InChI=1S/C13H19NO/c1-9(15-2)13(14)8-11-7-10-5-3-4-6-12(10)11/h3-6,9,11,13H,7-8,14H2,1-2H3. The van der Waals surface area contributed by atoms with Crippen LogP contribution >= 0.6 is 0 Å². The van der Waals surface area contributed by atoms with E-state index in [9.17, 15) is 0 Å². The van der Waals surface area contributed by atoms with Crippen molar-refractivity contribution in [2.75, 3.05) is 7.11 Å². The maximum absolute atomic E-state index is 6.07. The summed E-state index contributed by atoms with van der Waals surface area (Å²) in [5.74, 6) is 0.647. The molecule has 1 aliphatic carbocycles. The van der Waals surface area contributed by atoms with Gasteiger partial charge >= 0.3 is 0 Å². The molecule has 0 saturated heterocycles. The summed E-state index contributed by atoms with van der Waals surface area (Å²) < 4.78 is 5.24.